The zero-order chi connectivity index (χ0) is 24.4. The van der Waals surface area contributed by atoms with Gasteiger partial charge in [0.1, 0.15) is 17.5 Å². The SMILES string of the molecule is CCOc1ccc(C(=O)NC(C(=O)N(CC)CC(=O)Nc2cccc(OC)c2)C(C)C)cc1. The minimum Gasteiger partial charge on any atom is -0.497 e. The minimum atomic E-state index is -0.770. The second-order valence-corrected chi connectivity index (χ2v) is 7.79. The van der Waals surface area contributed by atoms with Gasteiger partial charge in [-0.05, 0) is 56.2 Å². The summed E-state index contributed by atoms with van der Waals surface area (Å²) in [6.07, 6.45) is 0. The summed E-state index contributed by atoms with van der Waals surface area (Å²) in [6.45, 7) is 8.11. The Bertz CT molecular complexity index is 943. The lowest BCUT2D eigenvalue weighted by Gasteiger charge is -2.28. The molecule has 0 aromatic heterocycles. The third kappa shape index (κ3) is 7.52. The van der Waals surface area contributed by atoms with Crippen molar-refractivity contribution in [3.05, 3.63) is 54.1 Å². The third-order valence-corrected chi connectivity index (χ3v) is 5.03. The zero-order valence-corrected chi connectivity index (χ0v) is 19.9. The van der Waals surface area contributed by atoms with E-state index >= 15 is 0 Å². The molecular weight excluding hydrogens is 422 g/mol. The van der Waals surface area contributed by atoms with Crippen molar-refractivity contribution in [2.24, 2.45) is 5.92 Å². The smallest absolute Gasteiger partial charge is 0.251 e. The lowest BCUT2D eigenvalue weighted by Crippen LogP contribution is -2.52. The number of likely N-dealkylation sites (N-methyl/N-ethyl adjacent to an activating group) is 1. The molecule has 33 heavy (non-hydrogen) atoms. The van der Waals surface area contributed by atoms with Gasteiger partial charge in [0.2, 0.25) is 11.8 Å². The predicted octanol–water partition coefficient (Wildman–Crippen LogP) is 3.34. The number of hydrogen-bond acceptors (Lipinski definition) is 5. The fraction of sp³-hybridized carbons (Fsp3) is 0.400. The summed E-state index contributed by atoms with van der Waals surface area (Å²) in [5, 5.41) is 5.59. The number of nitrogens with one attached hydrogen (secondary N) is 2. The Hall–Kier alpha value is -3.55. The number of anilines is 1. The lowest BCUT2D eigenvalue weighted by molar-refractivity contribution is -0.137. The molecule has 1 atom stereocenters. The highest BCUT2D eigenvalue weighted by molar-refractivity contribution is 5.99. The molecule has 2 rings (SSSR count). The van der Waals surface area contributed by atoms with Crippen LogP contribution in [0.5, 0.6) is 11.5 Å². The van der Waals surface area contributed by atoms with E-state index in [1.165, 1.54) is 4.90 Å². The van der Waals surface area contributed by atoms with Crippen LogP contribution in [0.3, 0.4) is 0 Å². The fourth-order valence-corrected chi connectivity index (χ4v) is 3.22. The Morgan fingerprint density at radius 2 is 1.70 bits per heavy atom. The highest BCUT2D eigenvalue weighted by atomic mass is 16.5. The van der Waals surface area contributed by atoms with Gasteiger partial charge in [-0.2, -0.15) is 0 Å². The summed E-state index contributed by atoms with van der Waals surface area (Å²) in [5.74, 6) is 0.117. The van der Waals surface area contributed by atoms with Gasteiger partial charge in [-0.1, -0.05) is 19.9 Å². The minimum absolute atomic E-state index is 0.130. The van der Waals surface area contributed by atoms with E-state index in [4.69, 9.17) is 9.47 Å². The monoisotopic (exact) mass is 455 g/mol. The Morgan fingerprint density at radius 1 is 1.00 bits per heavy atom. The number of benzene rings is 2. The molecule has 0 heterocycles. The van der Waals surface area contributed by atoms with E-state index in [2.05, 4.69) is 10.6 Å². The fourth-order valence-electron chi connectivity index (χ4n) is 3.22. The summed E-state index contributed by atoms with van der Waals surface area (Å²) in [7, 11) is 1.55. The molecule has 0 radical (unpaired) electrons. The van der Waals surface area contributed by atoms with Gasteiger partial charge in [-0.15, -0.1) is 0 Å². The van der Waals surface area contributed by atoms with Gasteiger partial charge >= 0.3 is 0 Å². The maximum Gasteiger partial charge on any atom is 0.251 e. The highest BCUT2D eigenvalue weighted by Crippen LogP contribution is 2.17. The first-order valence-corrected chi connectivity index (χ1v) is 11.0. The number of methoxy groups -OCH3 is 1. The van der Waals surface area contributed by atoms with E-state index in [9.17, 15) is 14.4 Å². The van der Waals surface area contributed by atoms with Crippen LogP contribution in [0.4, 0.5) is 5.69 Å². The van der Waals surface area contributed by atoms with Gasteiger partial charge in [0.15, 0.2) is 0 Å². The Morgan fingerprint density at radius 3 is 2.27 bits per heavy atom. The van der Waals surface area contributed by atoms with E-state index in [1.807, 2.05) is 20.8 Å². The summed E-state index contributed by atoms with van der Waals surface area (Å²) >= 11 is 0. The molecule has 0 spiro atoms. The quantitative estimate of drug-likeness (QED) is 0.542. The molecule has 0 aliphatic rings. The molecule has 0 aliphatic heterocycles. The van der Waals surface area contributed by atoms with Gasteiger partial charge in [-0.25, -0.2) is 0 Å². The van der Waals surface area contributed by atoms with Gasteiger partial charge < -0.3 is 25.0 Å². The van der Waals surface area contributed by atoms with Crippen molar-refractivity contribution in [1.82, 2.24) is 10.2 Å². The van der Waals surface area contributed by atoms with E-state index in [0.29, 0.717) is 35.9 Å². The molecule has 8 heteroatoms. The van der Waals surface area contributed by atoms with Gasteiger partial charge in [0, 0.05) is 23.9 Å². The van der Waals surface area contributed by atoms with Crippen LogP contribution in [0.15, 0.2) is 48.5 Å². The first-order valence-electron chi connectivity index (χ1n) is 11.0. The van der Waals surface area contributed by atoms with Crippen LogP contribution in [-0.2, 0) is 9.59 Å². The van der Waals surface area contributed by atoms with Crippen LogP contribution >= 0.6 is 0 Å². The van der Waals surface area contributed by atoms with Crippen LogP contribution in [0.25, 0.3) is 0 Å². The molecular formula is C25H33N3O5. The molecule has 2 N–H and O–H groups in total. The molecule has 2 aromatic carbocycles. The van der Waals surface area contributed by atoms with Crippen LogP contribution in [0.2, 0.25) is 0 Å². The molecule has 3 amide bonds. The van der Waals surface area contributed by atoms with E-state index < -0.39 is 6.04 Å². The Balaban J connectivity index is 2.05. The highest BCUT2D eigenvalue weighted by Gasteiger charge is 2.29. The number of amides is 3. The molecule has 178 valence electrons. The average molecular weight is 456 g/mol. The number of hydrogen-bond donors (Lipinski definition) is 2. The van der Waals surface area contributed by atoms with E-state index in [-0.39, 0.29) is 30.2 Å². The summed E-state index contributed by atoms with van der Waals surface area (Å²) in [6, 6.07) is 12.9. The Labute approximate surface area is 195 Å². The van der Waals surface area contributed by atoms with E-state index in [0.717, 1.165) is 0 Å². The normalized spacial score (nSPS) is 11.5. The standard InChI is InChI=1S/C25H33N3O5/c1-6-28(16-22(29)26-19-9-8-10-21(15-19)32-5)25(31)23(17(3)4)27-24(30)18-11-13-20(14-12-18)33-7-2/h8-15,17,23H,6-7,16H2,1-5H3,(H,26,29)(H,27,30). The van der Waals surface area contributed by atoms with Crippen molar-refractivity contribution in [3.63, 3.8) is 0 Å². The van der Waals surface area contributed by atoms with Crippen molar-refractivity contribution in [3.8, 4) is 11.5 Å². The second-order valence-electron chi connectivity index (χ2n) is 7.79. The molecule has 8 nitrogen and oxygen atoms in total. The molecule has 2 aromatic rings. The van der Waals surface area contributed by atoms with Crippen LogP contribution in [0.1, 0.15) is 38.1 Å². The van der Waals surface area contributed by atoms with Crippen molar-refractivity contribution in [2.45, 2.75) is 33.7 Å². The van der Waals surface area contributed by atoms with Crippen molar-refractivity contribution in [1.29, 1.82) is 0 Å². The zero-order valence-electron chi connectivity index (χ0n) is 19.9. The second kappa shape index (κ2) is 12.5. The maximum atomic E-state index is 13.2. The topological polar surface area (TPSA) is 97.0 Å². The van der Waals surface area contributed by atoms with Gasteiger partial charge in [-0.3, -0.25) is 14.4 Å². The first-order chi connectivity index (χ1) is 15.8. The molecule has 0 fully saturated rings. The summed E-state index contributed by atoms with van der Waals surface area (Å²) in [4.78, 5) is 39.9. The first kappa shape index (κ1) is 25.7. The predicted molar refractivity (Wildman–Crippen MR) is 128 cm³/mol. The van der Waals surface area contributed by atoms with Crippen LogP contribution < -0.4 is 20.1 Å². The lowest BCUT2D eigenvalue weighted by atomic mass is 10.0. The van der Waals surface area contributed by atoms with E-state index in [1.54, 1.807) is 62.6 Å². The number of ether oxygens (including phenoxy) is 2. The number of nitrogens with zero attached hydrogens (tertiary/aromatic N) is 1. The van der Waals surface area contributed by atoms with Crippen LogP contribution in [0, 0.1) is 5.92 Å². The number of rotatable bonds is 11. The summed E-state index contributed by atoms with van der Waals surface area (Å²) in [5.41, 5.74) is 1.00. The Kier molecular flexibility index (Phi) is 9.72. The maximum absolute atomic E-state index is 13.2. The summed E-state index contributed by atoms with van der Waals surface area (Å²) < 4.78 is 10.6. The molecule has 0 aliphatic carbocycles. The molecule has 1 unspecified atom stereocenters. The van der Waals surface area contributed by atoms with Crippen molar-refractivity contribution in [2.75, 3.05) is 32.1 Å². The van der Waals surface area contributed by atoms with Crippen molar-refractivity contribution >= 4 is 23.4 Å². The van der Waals surface area contributed by atoms with Crippen molar-refractivity contribution < 1.29 is 23.9 Å². The largest absolute Gasteiger partial charge is 0.497 e. The number of carbonyl (C=O) groups is 3. The van der Waals surface area contributed by atoms with Crippen LogP contribution in [-0.4, -0.2) is 55.5 Å². The van der Waals surface area contributed by atoms with Gasteiger partial charge in [0.05, 0.1) is 20.3 Å². The average Bonchev–Trinajstić information content (AvgIpc) is 2.81. The molecule has 0 saturated heterocycles. The molecule has 0 bridgehead atoms. The third-order valence-electron chi connectivity index (χ3n) is 5.03. The number of carbonyl (C=O) groups excluding carboxylic acids is 3. The molecule has 0 saturated carbocycles. The van der Waals surface area contributed by atoms with Gasteiger partial charge in [0.25, 0.3) is 5.91 Å².